The van der Waals surface area contributed by atoms with Crippen LogP contribution in [0.25, 0.3) is 5.65 Å². The third kappa shape index (κ3) is 2.73. The summed E-state index contributed by atoms with van der Waals surface area (Å²) in [6, 6.07) is 3.43. The summed E-state index contributed by atoms with van der Waals surface area (Å²) in [7, 11) is 0. The van der Waals surface area contributed by atoms with E-state index in [1.54, 1.807) is 22.8 Å². The minimum absolute atomic E-state index is 0.167. The van der Waals surface area contributed by atoms with E-state index in [1.807, 2.05) is 6.92 Å². The molecular formula is C17H18N6O. The number of fused-ring (bicyclic) bond motifs is 2. The highest BCUT2D eigenvalue weighted by Crippen LogP contribution is 2.21. The third-order valence-corrected chi connectivity index (χ3v) is 4.39. The largest absolute Gasteiger partial charge is 0.345 e. The van der Waals surface area contributed by atoms with Crippen LogP contribution in [-0.2, 0) is 19.4 Å². The molecule has 0 unspecified atom stereocenters. The van der Waals surface area contributed by atoms with Crippen molar-refractivity contribution < 1.29 is 4.79 Å². The molecule has 122 valence electrons. The van der Waals surface area contributed by atoms with Crippen LogP contribution in [-0.4, -0.2) is 30.5 Å². The quantitative estimate of drug-likeness (QED) is 0.792. The predicted molar refractivity (Wildman–Crippen MR) is 87.6 cm³/mol. The standard InChI is InChI=1S/C17H18N6O/c1-11-13-4-2-3-5-14(13)22-15(21-11)9-18-17(24)12-6-7-23-16(8-12)19-10-20-23/h6-8,10H,2-5,9H2,1H3,(H,18,24). The monoisotopic (exact) mass is 322 g/mol. The van der Waals surface area contributed by atoms with Gasteiger partial charge in [0.2, 0.25) is 0 Å². The zero-order chi connectivity index (χ0) is 16.5. The van der Waals surface area contributed by atoms with Crippen LogP contribution >= 0.6 is 0 Å². The Morgan fingerprint density at radius 3 is 3.08 bits per heavy atom. The highest BCUT2D eigenvalue weighted by molar-refractivity contribution is 5.94. The highest BCUT2D eigenvalue weighted by Gasteiger charge is 2.16. The Labute approximate surface area is 139 Å². The number of carbonyl (C=O) groups excluding carboxylic acids is 1. The number of amides is 1. The summed E-state index contributed by atoms with van der Waals surface area (Å²) in [5, 5.41) is 6.90. The van der Waals surface area contributed by atoms with Crippen LogP contribution < -0.4 is 5.32 Å². The van der Waals surface area contributed by atoms with E-state index in [9.17, 15) is 4.79 Å². The van der Waals surface area contributed by atoms with Crippen molar-refractivity contribution in [2.75, 3.05) is 0 Å². The van der Waals surface area contributed by atoms with Gasteiger partial charge in [0.05, 0.1) is 6.54 Å². The number of nitrogens with one attached hydrogen (secondary N) is 1. The maximum absolute atomic E-state index is 12.3. The molecule has 0 radical (unpaired) electrons. The van der Waals surface area contributed by atoms with Gasteiger partial charge in [-0.15, -0.1) is 0 Å². The average molecular weight is 322 g/mol. The second-order valence-corrected chi connectivity index (χ2v) is 6.02. The van der Waals surface area contributed by atoms with E-state index in [0.717, 1.165) is 24.2 Å². The van der Waals surface area contributed by atoms with E-state index in [-0.39, 0.29) is 5.91 Å². The lowest BCUT2D eigenvalue weighted by molar-refractivity contribution is 0.0949. The van der Waals surface area contributed by atoms with Crippen LogP contribution in [0.1, 0.15) is 46.0 Å². The fourth-order valence-corrected chi connectivity index (χ4v) is 3.14. The van der Waals surface area contributed by atoms with E-state index in [4.69, 9.17) is 0 Å². The number of aryl methyl sites for hydroxylation is 2. The second-order valence-electron chi connectivity index (χ2n) is 6.02. The molecule has 3 aromatic rings. The lowest BCUT2D eigenvalue weighted by Crippen LogP contribution is -2.25. The molecule has 3 heterocycles. The molecule has 0 aliphatic heterocycles. The molecule has 0 bridgehead atoms. The predicted octanol–water partition coefficient (Wildman–Crippen LogP) is 1.64. The van der Waals surface area contributed by atoms with E-state index in [0.29, 0.717) is 23.6 Å². The second kappa shape index (κ2) is 5.99. The lowest BCUT2D eigenvalue weighted by Gasteiger charge is -2.17. The van der Waals surface area contributed by atoms with Crippen molar-refractivity contribution in [1.29, 1.82) is 0 Å². The SMILES string of the molecule is Cc1nc(CNC(=O)c2ccn3ncnc3c2)nc2c1CCCC2. The molecular weight excluding hydrogens is 304 g/mol. The van der Waals surface area contributed by atoms with Crippen molar-refractivity contribution in [3.63, 3.8) is 0 Å². The molecule has 3 aromatic heterocycles. The van der Waals surface area contributed by atoms with Gasteiger partial charge in [0.25, 0.3) is 5.91 Å². The van der Waals surface area contributed by atoms with Crippen molar-refractivity contribution in [1.82, 2.24) is 29.9 Å². The van der Waals surface area contributed by atoms with E-state index in [1.165, 1.54) is 24.7 Å². The molecule has 7 heteroatoms. The summed E-state index contributed by atoms with van der Waals surface area (Å²) in [6.07, 6.45) is 7.62. The van der Waals surface area contributed by atoms with Gasteiger partial charge in [-0.25, -0.2) is 19.5 Å². The minimum Gasteiger partial charge on any atom is -0.345 e. The number of aromatic nitrogens is 5. The molecule has 0 aromatic carbocycles. The number of hydrogen-bond donors (Lipinski definition) is 1. The van der Waals surface area contributed by atoms with Crippen LogP contribution in [0.2, 0.25) is 0 Å². The van der Waals surface area contributed by atoms with Crippen LogP contribution in [0.4, 0.5) is 0 Å². The fraction of sp³-hybridized carbons (Fsp3) is 0.353. The molecule has 0 spiro atoms. The van der Waals surface area contributed by atoms with Crippen LogP contribution in [0.15, 0.2) is 24.7 Å². The Morgan fingerprint density at radius 1 is 1.29 bits per heavy atom. The third-order valence-electron chi connectivity index (χ3n) is 4.39. The smallest absolute Gasteiger partial charge is 0.251 e. The summed E-state index contributed by atoms with van der Waals surface area (Å²) >= 11 is 0. The molecule has 4 rings (SSSR count). The van der Waals surface area contributed by atoms with Gasteiger partial charge in [0.1, 0.15) is 12.2 Å². The first-order chi connectivity index (χ1) is 11.7. The molecule has 1 aliphatic rings. The van der Waals surface area contributed by atoms with E-state index in [2.05, 4.69) is 25.4 Å². The fourth-order valence-electron chi connectivity index (χ4n) is 3.14. The van der Waals surface area contributed by atoms with Crippen LogP contribution in [0.5, 0.6) is 0 Å². The summed E-state index contributed by atoms with van der Waals surface area (Å²) in [6.45, 7) is 2.35. The first kappa shape index (κ1) is 14.7. The molecule has 1 N–H and O–H groups in total. The number of nitrogens with zero attached hydrogens (tertiary/aromatic N) is 5. The summed E-state index contributed by atoms with van der Waals surface area (Å²) in [5.41, 5.74) is 4.65. The van der Waals surface area contributed by atoms with Gasteiger partial charge < -0.3 is 5.32 Å². The van der Waals surface area contributed by atoms with Crippen LogP contribution in [0.3, 0.4) is 0 Å². The Balaban J connectivity index is 1.50. The zero-order valence-electron chi connectivity index (χ0n) is 13.5. The Morgan fingerprint density at radius 2 is 2.17 bits per heavy atom. The van der Waals surface area contributed by atoms with E-state index >= 15 is 0 Å². The summed E-state index contributed by atoms with van der Waals surface area (Å²) < 4.78 is 1.62. The maximum Gasteiger partial charge on any atom is 0.251 e. The van der Waals surface area contributed by atoms with Gasteiger partial charge in [-0.05, 0) is 50.3 Å². The Bertz CT molecular complexity index is 917. The molecule has 7 nitrogen and oxygen atoms in total. The highest BCUT2D eigenvalue weighted by atomic mass is 16.1. The molecule has 0 saturated heterocycles. The molecule has 1 amide bonds. The van der Waals surface area contributed by atoms with Gasteiger partial charge in [0.15, 0.2) is 5.65 Å². The van der Waals surface area contributed by atoms with Crippen molar-refractivity contribution in [2.24, 2.45) is 0 Å². The van der Waals surface area contributed by atoms with Gasteiger partial charge in [-0.1, -0.05) is 0 Å². The number of carbonyl (C=O) groups is 1. The van der Waals surface area contributed by atoms with Crippen molar-refractivity contribution in [2.45, 2.75) is 39.2 Å². The van der Waals surface area contributed by atoms with Gasteiger partial charge in [0, 0.05) is 23.1 Å². The molecule has 24 heavy (non-hydrogen) atoms. The molecule has 1 aliphatic carbocycles. The zero-order valence-corrected chi connectivity index (χ0v) is 13.5. The number of pyridine rings is 1. The van der Waals surface area contributed by atoms with E-state index < -0.39 is 0 Å². The first-order valence-electron chi connectivity index (χ1n) is 8.13. The number of rotatable bonds is 3. The average Bonchev–Trinajstić information content (AvgIpc) is 3.07. The minimum atomic E-state index is -0.167. The van der Waals surface area contributed by atoms with Crippen LogP contribution in [0, 0.1) is 6.92 Å². The Hall–Kier alpha value is -2.83. The van der Waals surface area contributed by atoms with Crippen molar-refractivity contribution >= 4 is 11.6 Å². The topological polar surface area (TPSA) is 85.1 Å². The van der Waals surface area contributed by atoms with Crippen molar-refractivity contribution in [3.8, 4) is 0 Å². The first-order valence-corrected chi connectivity index (χ1v) is 8.13. The normalized spacial score (nSPS) is 13.7. The molecule has 0 saturated carbocycles. The van der Waals surface area contributed by atoms with Gasteiger partial charge in [-0.2, -0.15) is 5.10 Å². The Kier molecular flexibility index (Phi) is 3.68. The molecule has 0 fully saturated rings. The lowest BCUT2D eigenvalue weighted by atomic mass is 9.95. The van der Waals surface area contributed by atoms with Crippen molar-refractivity contribution in [3.05, 3.63) is 53.0 Å². The number of hydrogen-bond acceptors (Lipinski definition) is 5. The summed E-state index contributed by atoms with van der Waals surface area (Å²) in [4.78, 5) is 25.6. The molecule has 0 atom stereocenters. The van der Waals surface area contributed by atoms with Gasteiger partial charge >= 0.3 is 0 Å². The summed E-state index contributed by atoms with van der Waals surface area (Å²) in [5.74, 6) is 0.504. The maximum atomic E-state index is 12.3. The van der Waals surface area contributed by atoms with Gasteiger partial charge in [-0.3, -0.25) is 4.79 Å².